The highest BCUT2D eigenvalue weighted by atomic mass is 35.5. The summed E-state index contributed by atoms with van der Waals surface area (Å²) < 4.78 is 31.2. The average molecular weight is 355 g/mol. The number of halogens is 1. The lowest BCUT2D eigenvalue weighted by molar-refractivity contribution is 0.256. The lowest BCUT2D eigenvalue weighted by Crippen LogP contribution is -2.34. The first kappa shape index (κ1) is 17.1. The SMILES string of the molecule is COc1ccc(NC(=O)NS(=O)(=O)c2ccc(Cl)cc2)c(C)c1. The van der Waals surface area contributed by atoms with E-state index in [1.807, 2.05) is 4.72 Å². The summed E-state index contributed by atoms with van der Waals surface area (Å²) in [6.45, 7) is 1.77. The first-order chi connectivity index (χ1) is 10.8. The molecule has 0 aliphatic rings. The standard InChI is InChI=1S/C15H15ClN2O4S/c1-10-9-12(22-2)5-8-14(10)17-15(19)18-23(20,21)13-6-3-11(16)4-7-13/h3-9H,1-2H3,(H2,17,18,19). The van der Waals surface area contributed by atoms with Crippen molar-refractivity contribution in [3.05, 3.63) is 53.1 Å². The molecule has 0 aromatic heterocycles. The Balaban J connectivity index is 2.11. The maximum atomic E-state index is 12.1. The van der Waals surface area contributed by atoms with E-state index >= 15 is 0 Å². The number of hydrogen-bond donors (Lipinski definition) is 2. The summed E-state index contributed by atoms with van der Waals surface area (Å²) in [5.74, 6) is 0.641. The number of anilines is 1. The minimum atomic E-state index is -3.97. The third-order valence-corrected chi connectivity index (χ3v) is 4.63. The number of ether oxygens (including phenoxy) is 1. The van der Waals surface area contributed by atoms with E-state index in [-0.39, 0.29) is 4.90 Å². The van der Waals surface area contributed by atoms with E-state index in [2.05, 4.69) is 5.32 Å². The number of nitrogens with one attached hydrogen (secondary N) is 2. The highest BCUT2D eigenvalue weighted by molar-refractivity contribution is 7.90. The Bertz CT molecular complexity index is 820. The van der Waals surface area contributed by atoms with Gasteiger partial charge in [-0.2, -0.15) is 0 Å². The molecule has 2 amide bonds. The molecule has 0 unspecified atom stereocenters. The van der Waals surface area contributed by atoms with E-state index in [1.165, 1.54) is 31.4 Å². The zero-order valence-corrected chi connectivity index (χ0v) is 14.0. The van der Waals surface area contributed by atoms with Crippen LogP contribution >= 0.6 is 11.6 Å². The van der Waals surface area contributed by atoms with Crippen molar-refractivity contribution in [3.8, 4) is 5.75 Å². The summed E-state index contributed by atoms with van der Waals surface area (Å²) >= 11 is 5.71. The fraction of sp³-hybridized carbons (Fsp3) is 0.133. The molecule has 0 aliphatic carbocycles. The number of amides is 2. The number of methoxy groups -OCH3 is 1. The molecular formula is C15H15ClN2O4S. The molecule has 2 aromatic rings. The normalized spacial score (nSPS) is 10.9. The van der Waals surface area contributed by atoms with Crippen molar-refractivity contribution in [1.82, 2.24) is 4.72 Å². The number of sulfonamides is 1. The molecule has 2 N–H and O–H groups in total. The van der Waals surface area contributed by atoms with Crippen molar-refractivity contribution >= 4 is 33.3 Å². The van der Waals surface area contributed by atoms with Gasteiger partial charge in [0.05, 0.1) is 12.0 Å². The summed E-state index contributed by atoms with van der Waals surface area (Å²) in [6, 6.07) is 9.66. The van der Waals surface area contributed by atoms with Crippen molar-refractivity contribution in [3.63, 3.8) is 0 Å². The van der Waals surface area contributed by atoms with Gasteiger partial charge in [-0.1, -0.05) is 11.6 Å². The van der Waals surface area contributed by atoms with Gasteiger partial charge in [-0.05, 0) is 55.0 Å². The molecule has 6 nitrogen and oxygen atoms in total. The second-order valence-corrected chi connectivity index (χ2v) is 6.81. The molecular weight excluding hydrogens is 340 g/mol. The third kappa shape index (κ3) is 4.37. The molecule has 0 saturated heterocycles. The average Bonchev–Trinajstić information content (AvgIpc) is 2.49. The lowest BCUT2D eigenvalue weighted by Gasteiger charge is -2.11. The number of carbonyl (C=O) groups is 1. The van der Waals surface area contributed by atoms with Crippen LogP contribution in [-0.4, -0.2) is 21.6 Å². The Kier molecular flexibility index (Phi) is 5.12. The molecule has 2 aromatic carbocycles. The van der Waals surface area contributed by atoms with Gasteiger partial charge >= 0.3 is 6.03 Å². The number of benzene rings is 2. The summed E-state index contributed by atoms with van der Waals surface area (Å²) in [5, 5.41) is 2.89. The second kappa shape index (κ2) is 6.89. The highest BCUT2D eigenvalue weighted by Crippen LogP contribution is 2.21. The molecule has 0 fully saturated rings. The predicted octanol–water partition coefficient (Wildman–Crippen LogP) is 3.17. The molecule has 0 radical (unpaired) electrons. The van der Waals surface area contributed by atoms with E-state index in [4.69, 9.17) is 16.3 Å². The topological polar surface area (TPSA) is 84.5 Å². The van der Waals surface area contributed by atoms with Crippen LogP contribution in [0.15, 0.2) is 47.4 Å². The van der Waals surface area contributed by atoms with Crippen molar-refractivity contribution in [1.29, 1.82) is 0 Å². The van der Waals surface area contributed by atoms with Crippen LogP contribution in [0.1, 0.15) is 5.56 Å². The lowest BCUT2D eigenvalue weighted by atomic mass is 10.2. The van der Waals surface area contributed by atoms with Crippen LogP contribution in [0.2, 0.25) is 5.02 Å². The maximum absolute atomic E-state index is 12.1. The van der Waals surface area contributed by atoms with Crippen LogP contribution in [-0.2, 0) is 10.0 Å². The number of aryl methyl sites for hydroxylation is 1. The summed E-state index contributed by atoms with van der Waals surface area (Å²) in [4.78, 5) is 11.9. The summed E-state index contributed by atoms with van der Waals surface area (Å²) in [5.41, 5.74) is 1.22. The Hall–Kier alpha value is -2.25. The molecule has 0 bridgehead atoms. The fourth-order valence-corrected chi connectivity index (χ4v) is 2.88. The van der Waals surface area contributed by atoms with Crippen molar-refractivity contribution < 1.29 is 17.9 Å². The van der Waals surface area contributed by atoms with E-state index in [0.29, 0.717) is 16.5 Å². The van der Waals surface area contributed by atoms with Gasteiger partial charge in [0.15, 0.2) is 0 Å². The van der Waals surface area contributed by atoms with Crippen LogP contribution in [0, 0.1) is 6.92 Å². The van der Waals surface area contributed by atoms with E-state index in [0.717, 1.165) is 5.56 Å². The molecule has 122 valence electrons. The number of urea groups is 1. The van der Waals surface area contributed by atoms with Gasteiger partial charge in [0.2, 0.25) is 0 Å². The van der Waals surface area contributed by atoms with Gasteiger partial charge in [-0.15, -0.1) is 0 Å². The van der Waals surface area contributed by atoms with Crippen molar-refractivity contribution in [2.75, 3.05) is 12.4 Å². The molecule has 2 rings (SSSR count). The molecule has 23 heavy (non-hydrogen) atoms. The Labute approximate surface area is 139 Å². The largest absolute Gasteiger partial charge is 0.497 e. The van der Waals surface area contributed by atoms with Gasteiger partial charge in [0, 0.05) is 10.7 Å². The van der Waals surface area contributed by atoms with E-state index < -0.39 is 16.1 Å². The van der Waals surface area contributed by atoms with E-state index in [1.54, 1.807) is 25.1 Å². The fourth-order valence-electron chi connectivity index (χ4n) is 1.85. The van der Waals surface area contributed by atoms with Gasteiger partial charge in [0.1, 0.15) is 5.75 Å². The Morgan fingerprint density at radius 1 is 1.13 bits per heavy atom. The van der Waals surface area contributed by atoms with E-state index in [9.17, 15) is 13.2 Å². The van der Waals surface area contributed by atoms with Gasteiger partial charge in [-0.3, -0.25) is 0 Å². The molecule has 0 atom stereocenters. The minimum absolute atomic E-state index is 0.0523. The highest BCUT2D eigenvalue weighted by Gasteiger charge is 2.18. The quantitative estimate of drug-likeness (QED) is 0.883. The first-order valence-corrected chi connectivity index (χ1v) is 8.42. The second-order valence-electron chi connectivity index (χ2n) is 4.69. The molecule has 0 aliphatic heterocycles. The molecule has 0 saturated carbocycles. The Morgan fingerprint density at radius 3 is 2.35 bits per heavy atom. The Morgan fingerprint density at radius 2 is 1.78 bits per heavy atom. The maximum Gasteiger partial charge on any atom is 0.333 e. The smallest absolute Gasteiger partial charge is 0.333 e. The van der Waals surface area contributed by atoms with Gasteiger partial charge in [-0.25, -0.2) is 17.9 Å². The van der Waals surface area contributed by atoms with Crippen LogP contribution in [0.3, 0.4) is 0 Å². The summed E-state index contributed by atoms with van der Waals surface area (Å²) in [6.07, 6.45) is 0. The monoisotopic (exact) mass is 354 g/mol. The minimum Gasteiger partial charge on any atom is -0.497 e. The van der Waals surface area contributed by atoms with Crippen LogP contribution in [0.5, 0.6) is 5.75 Å². The predicted molar refractivity (Wildman–Crippen MR) is 88.5 cm³/mol. The van der Waals surface area contributed by atoms with Crippen molar-refractivity contribution in [2.45, 2.75) is 11.8 Å². The molecule has 0 spiro atoms. The van der Waals surface area contributed by atoms with Crippen LogP contribution < -0.4 is 14.8 Å². The van der Waals surface area contributed by atoms with Crippen LogP contribution in [0.25, 0.3) is 0 Å². The van der Waals surface area contributed by atoms with Crippen molar-refractivity contribution in [2.24, 2.45) is 0 Å². The molecule has 8 heteroatoms. The van der Waals surface area contributed by atoms with Gasteiger partial charge < -0.3 is 10.1 Å². The molecule has 0 heterocycles. The van der Waals surface area contributed by atoms with Gasteiger partial charge in [0.25, 0.3) is 10.0 Å². The first-order valence-electron chi connectivity index (χ1n) is 6.56. The zero-order valence-electron chi connectivity index (χ0n) is 12.5. The number of hydrogen-bond acceptors (Lipinski definition) is 4. The third-order valence-electron chi connectivity index (χ3n) is 3.03. The number of rotatable bonds is 4. The number of carbonyl (C=O) groups excluding carboxylic acids is 1. The van der Waals surface area contributed by atoms with Crippen LogP contribution in [0.4, 0.5) is 10.5 Å². The summed E-state index contributed by atoms with van der Waals surface area (Å²) in [7, 11) is -2.43. The zero-order chi connectivity index (χ0) is 17.0.